The normalized spacial score (nSPS) is 19.4. The summed E-state index contributed by atoms with van der Waals surface area (Å²) < 4.78 is 0. The minimum Gasteiger partial charge on any atom is -0.354 e. The number of rotatable bonds is 2. The van der Waals surface area contributed by atoms with Gasteiger partial charge in [0, 0.05) is 30.8 Å². The predicted molar refractivity (Wildman–Crippen MR) is 82.9 cm³/mol. The monoisotopic (exact) mass is 270 g/mol. The zero-order valence-corrected chi connectivity index (χ0v) is 12.2. The van der Waals surface area contributed by atoms with Crippen LogP contribution in [0.4, 0.5) is 5.82 Å². The summed E-state index contributed by atoms with van der Waals surface area (Å²) in [6.07, 6.45) is 2.26. The summed E-state index contributed by atoms with van der Waals surface area (Å²) in [7, 11) is 0. The standard InChI is InChI=1S/C16H22N4/c1-11-6-12(2)8-13(7-11)15-9-16(19-18-15)20-5-3-4-14(17)10-20/h6-9,14H,3-5,10,17H2,1-2H3,(H,18,19). The van der Waals surface area contributed by atoms with Gasteiger partial charge in [0.15, 0.2) is 5.82 Å². The second kappa shape index (κ2) is 5.29. The summed E-state index contributed by atoms with van der Waals surface area (Å²) in [5.74, 6) is 1.01. The Morgan fingerprint density at radius 2 is 1.95 bits per heavy atom. The summed E-state index contributed by atoms with van der Waals surface area (Å²) in [4.78, 5) is 2.27. The van der Waals surface area contributed by atoms with Gasteiger partial charge in [0.05, 0.1) is 5.69 Å². The summed E-state index contributed by atoms with van der Waals surface area (Å²) >= 11 is 0. The number of benzene rings is 1. The Hall–Kier alpha value is -1.81. The van der Waals surface area contributed by atoms with Crippen LogP contribution in [0.5, 0.6) is 0 Å². The van der Waals surface area contributed by atoms with Gasteiger partial charge >= 0.3 is 0 Å². The summed E-state index contributed by atoms with van der Waals surface area (Å²) in [6.45, 7) is 6.19. The lowest BCUT2D eigenvalue weighted by Gasteiger charge is -2.30. The third-order valence-corrected chi connectivity index (χ3v) is 3.88. The number of piperidine rings is 1. The van der Waals surface area contributed by atoms with Gasteiger partial charge in [0.25, 0.3) is 0 Å². The Labute approximate surface area is 120 Å². The van der Waals surface area contributed by atoms with Crippen molar-refractivity contribution in [1.82, 2.24) is 10.2 Å². The van der Waals surface area contributed by atoms with E-state index in [1.807, 2.05) is 0 Å². The molecule has 3 rings (SSSR count). The van der Waals surface area contributed by atoms with Crippen LogP contribution < -0.4 is 10.6 Å². The van der Waals surface area contributed by atoms with Gasteiger partial charge in [-0.2, -0.15) is 5.10 Å². The van der Waals surface area contributed by atoms with Crippen molar-refractivity contribution in [1.29, 1.82) is 0 Å². The second-order valence-corrected chi connectivity index (χ2v) is 5.86. The van der Waals surface area contributed by atoms with Gasteiger partial charge in [-0.05, 0) is 38.8 Å². The van der Waals surface area contributed by atoms with Crippen LogP contribution in [0.3, 0.4) is 0 Å². The molecule has 1 fully saturated rings. The molecule has 1 aliphatic rings. The van der Waals surface area contributed by atoms with Crippen molar-refractivity contribution < 1.29 is 0 Å². The smallest absolute Gasteiger partial charge is 0.151 e. The van der Waals surface area contributed by atoms with Gasteiger partial charge in [0.1, 0.15) is 0 Å². The fourth-order valence-electron chi connectivity index (χ4n) is 2.97. The van der Waals surface area contributed by atoms with Crippen LogP contribution >= 0.6 is 0 Å². The summed E-state index contributed by atoms with van der Waals surface area (Å²) in [6, 6.07) is 8.96. The van der Waals surface area contributed by atoms with Gasteiger partial charge in [-0.25, -0.2) is 0 Å². The van der Waals surface area contributed by atoms with Crippen molar-refractivity contribution in [2.24, 2.45) is 5.73 Å². The molecule has 3 N–H and O–H groups in total. The Kier molecular flexibility index (Phi) is 3.49. The lowest BCUT2D eigenvalue weighted by Crippen LogP contribution is -2.43. The number of nitrogens with zero attached hydrogens (tertiary/aromatic N) is 2. The number of nitrogens with two attached hydrogens (primary N) is 1. The van der Waals surface area contributed by atoms with Gasteiger partial charge in [-0.1, -0.05) is 17.2 Å². The number of anilines is 1. The molecule has 106 valence electrons. The number of hydrogen-bond donors (Lipinski definition) is 2. The molecule has 1 unspecified atom stereocenters. The van der Waals surface area contributed by atoms with Crippen molar-refractivity contribution >= 4 is 5.82 Å². The topological polar surface area (TPSA) is 57.9 Å². The van der Waals surface area contributed by atoms with Crippen molar-refractivity contribution in [3.8, 4) is 11.3 Å². The highest BCUT2D eigenvalue weighted by Gasteiger charge is 2.19. The Morgan fingerprint density at radius 3 is 2.65 bits per heavy atom. The first kappa shape index (κ1) is 13.2. The van der Waals surface area contributed by atoms with E-state index in [0.29, 0.717) is 0 Å². The summed E-state index contributed by atoms with van der Waals surface area (Å²) in [5, 5.41) is 7.61. The minimum absolute atomic E-state index is 0.269. The van der Waals surface area contributed by atoms with E-state index in [4.69, 9.17) is 5.73 Å². The molecule has 1 aliphatic heterocycles. The Morgan fingerprint density at radius 1 is 1.20 bits per heavy atom. The van der Waals surface area contributed by atoms with Gasteiger partial charge in [-0.3, -0.25) is 5.10 Å². The average Bonchev–Trinajstić information content (AvgIpc) is 2.87. The van der Waals surface area contributed by atoms with Crippen LogP contribution in [0.1, 0.15) is 24.0 Å². The summed E-state index contributed by atoms with van der Waals surface area (Å²) in [5.41, 5.74) is 10.9. The highest BCUT2D eigenvalue weighted by atomic mass is 15.3. The quantitative estimate of drug-likeness (QED) is 0.882. The zero-order valence-electron chi connectivity index (χ0n) is 12.2. The van der Waals surface area contributed by atoms with Gasteiger partial charge in [-0.15, -0.1) is 0 Å². The Bertz CT molecular complexity index is 582. The molecule has 1 aromatic heterocycles. The average molecular weight is 270 g/mol. The molecule has 0 radical (unpaired) electrons. The first-order chi connectivity index (χ1) is 9.61. The first-order valence-electron chi connectivity index (χ1n) is 7.26. The van der Waals surface area contributed by atoms with E-state index < -0.39 is 0 Å². The van der Waals surface area contributed by atoms with E-state index in [-0.39, 0.29) is 6.04 Å². The SMILES string of the molecule is Cc1cc(C)cc(-c2cc(N3CCCC(N)C3)n[nH]2)c1. The molecule has 1 saturated heterocycles. The first-order valence-corrected chi connectivity index (χ1v) is 7.26. The van der Waals surface area contributed by atoms with E-state index in [1.165, 1.54) is 16.7 Å². The molecule has 0 aliphatic carbocycles. The maximum atomic E-state index is 6.04. The van der Waals surface area contributed by atoms with Crippen LogP contribution in [0.2, 0.25) is 0 Å². The van der Waals surface area contributed by atoms with Crippen molar-refractivity contribution in [3.05, 3.63) is 35.4 Å². The molecule has 4 heteroatoms. The van der Waals surface area contributed by atoms with Gasteiger partial charge < -0.3 is 10.6 Å². The van der Waals surface area contributed by atoms with Crippen LogP contribution in [0.25, 0.3) is 11.3 Å². The molecule has 1 atom stereocenters. The highest BCUT2D eigenvalue weighted by Crippen LogP contribution is 2.25. The van der Waals surface area contributed by atoms with E-state index >= 15 is 0 Å². The molecular weight excluding hydrogens is 248 g/mol. The van der Waals surface area contributed by atoms with Crippen LogP contribution in [0.15, 0.2) is 24.3 Å². The van der Waals surface area contributed by atoms with Crippen LogP contribution in [-0.4, -0.2) is 29.3 Å². The molecule has 2 aromatic rings. The minimum atomic E-state index is 0.269. The molecule has 0 saturated carbocycles. The molecule has 1 aromatic carbocycles. The molecule has 0 amide bonds. The fraction of sp³-hybridized carbons (Fsp3) is 0.438. The van der Waals surface area contributed by atoms with E-state index in [0.717, 1.165) is 37.4 Å². The lowest BCUT2D eigenvalue weighted by molar-refractivity contribution is 0.503. The number of aromatic nitrogens is 2. The molecule has 4 nitrogen and oxygen atoms in total. The van der Waals surface area contributed by atoms with E-state index in [9.17, 15) is 0 Å². The number of aryl methyl sites for hydroxylation is 2. The number of H-pyrrole nitrogens is 1. The highest BCUT2D eigenvalue weighted by molar-refractivity contribution is 5.64. The second-order valence-electron chi connectivity index (χ2n) is 5.86. The van der Waals surface area contributed by atoms with E-state index in [2.05, 4.69) is 53.2 Å². The predicted octanol–water partition coefficient (Wildman–Crippen LogP) is 2.62. The number of aromatic amines is 1. The van der Waals surface area contributed by atoms with Crippen molar-refractivity contribution in [3.63, 3.8) is 0 Å². The maximum Gasteiger partial charge on any atom is 0.151 e. The molecule has 0 bridgehead atoms. The number of nitrogens with one attached hydrogen (secondary N) is 1. The Balaban J connectivity index is 1.86. The lowest BCUT2D eigenvalue weighted by atomic mass is 10.0. The van der Waals surface area contributed by atoms with Gasteiger partial charge in [0.2, 0.25) is 0 Å². The fourth-order valence-corrected chi connectivity index (χ4v) is 2.97. The number of hydrogen-bond acceptors (Lipinski definition) is 3. The largest absolute Gasteiger partial charge is 0.354 e. The van der Waals surface area contributed by atoms with Crippen LogP contribution in [0, 0.1) is 13.8 Å². The third-order valence-electron chi connectivity index (χ3n) is 3.88. The maximum absolute atomic E-state index is 6.04. The molecule has 0 spiro atoms. The molecule has 2 heterocycles. The molecule has 20 heavy (non-hydrogen) atoms. The van der Waals surface area contributed by atoms with Crippen LogP contribution in [-0.2, 0) is 0 Å². The van der Waals surface area contributed by atoms with Crippen molar-refractivity contribution in [2.45, 2.75) is 32.7 Å². The zero-order chi connectivity index (χ0) is 14.1. The van der Waals surface area contributed by atoms with Crippen molar-refractivity contribution in [2.75, 3.05) is 18.0 Å². The third kappa shape index (κ3) is 2.70. The molecular formula is C16H22N4. The van der Waals surface area contributed by atoms with E-state index in [1.54, 1.807) is 0 Å².